The van der Waals surface area contributed by atoms with Crippen LogP contribution in [0.1, 0.15) is 54.0 Å². The smallest absolute Gasteiger partial charge is 0.0729 e. The zero-order chi connectivity index (χ0) is 18.2. The maximum absolute atomic E-state index is 3.17. The summed E-state index contributed by atoms with van der Waals surface area (Å²) in [5.41, 5.74) is 1.37. The molecule has 0 atom stereocenters. The molecule has 2 nitrogen and oxygen atoms in total. The van der Waals surface area contributed by atoms with Crippen molar-refractivity contribution in [2.45, 2.75) is 66.1 Å². The highest BCUT2D eigenvalue weighted by Crippen LogP contribution is 2.32. The van der Waals surface area contributed by atoms with Gasteiger partial charge in [0.1, 0.15) is 0 Å². The van der Waals surface area contributed by atoms with Crippen molar-refractivity contribution in [2.75, 3.05) is 6.54 Å². The largest absolute Gasteiger partial charge is 0.227 e. The second-order valence-electron chi connectivity index (χ2n) is 7.66. The number of benzene rings is 1. The predicted octanol–water partition coefficient (Wildman–Crippen LogP) is 4.98. The summed E-state index contributed by atoms with van der Waals surface area (Å²) in [6.45, 7) is 16.8. The van der Waals surface area contributed by atoms with Crippen LogP contribution in [-0.2, 0) is 6.54 Å². The fourth-order valence-electron chi connectivity index (χ4n) is 1.86. The second-order valence-corrected chi connectivity index (χ2v) is 8.70. The Morgan fingerprint density at radius 2 is 1.46 bits per heavy atom. The molecule has 0 N–H and O–H groups in total. The van der Waals surface area contributed by atoms with Crippen LogP contribution in [0.15, 0.2) is 30.3 Å². The Labute approximate surface area is 153 Å². The van der Waals surface area contributed by atoms with Crippen LogP contribution in [0.3, 0.4) is 0 Å². The van der Waals surface area contributed by atoms with Crippen molar-refractivity contribution in [1.29, 1.82) is 0 Å². The molecule has 24 heavy (non-hydrogen) atoms. The van der Waals surface area contributed by atoms with Crippen LogP contribution in [0.5, 0.6) is 0 Å². The number of hydrogen-bond donors (Lipinski definition) is 0. The predicted molar refractivity (Wildman–Crippen MR) is 107 cm³/mol. The van der Waals surface area contributed by atoms with Gasteiger partial charge in [-0.15, -0.1) is 0 Å². The molecule has 0 aliphatic heterocycles. The monoisotopic (exact) mass is 342 g/mol. The highest BCUT2D eigenvalue weighted by Gasteiger charge is 2.29. The quantitative estimate of drug-likeness (QED) is 0.550. The molecule has 0 radical (unpaired) electrons. The van der Waals surface area contributed by atoms with Gasteiger partial charge in [0.25, 0.3) is 0 Å². The maximum Gasteiger partial charge on any atom is 0.0729 e. The van der Waals surface area contributed by atoms with Crippen LogP contribution in [0.4, 0.5) is 0 Å². The summed E-state index contributed by atoms with van der Waals surface area (Å²) in [6, 6.07) is 10.6. The Hall–Kier alpha value is -1.39. The molecule has 1 rings (SSSR count). The van der Waals surface area contributed by atoms with Crippen molar-refractivity contribution < 1.29 is 0 Å². The van der Waals surface area contributed by atoms with Crippen LogP contribution in [0.25, 0.3) is 0 Å². The van der Waals surface area contributed by atoms with E-state index in [-0.39, 0.29) is 11.1 Å². The topological polar surface area (TPSA) is 6.48 Å². The van der Waals surface area contributed by atoms with Gasteiger partial charge in [-0.3, -0.25) is 0 Å². The molecule has 0 bridgehead atoms. The van der Waals surface area contributed by atoms with Crippen molar-refractivity contribution >= 4 is 12.1 Å². The average molecular weight is 343 g/mol. The average Bonchev–Trinajstić information content (AvgIpc) is 2.48. The van der Waals surface area contributed by atoms with E-state index < -0.39 is 0 Å². The molecular weight excluding hydrogens is 312 g/mol. The highest BCUT2D eigenvalue weighted by atomic mass is 32.2. The first kappa shape index (κ1) is 20.7. The Morgan fingerprint density at radius 1 is 0.875 bits per heavy atom. The van der Waals surface area contributed by atoms with E-state index in [0.29, 0.717) is 6.54 Å². The first-order valence-corrected chi connectivity index (χ1v) is 9.04. The van der Waals surface area contributed by atoms with Crippen LogP contribution >= 0.6 is 12.1 Å². The highest BCUT2D eigenvalue weighted by molar-refractivity contribution is 7.94. The van der Waals surface area contributed by atoms with Crippen molar-refractivity contribution in [3.63, 3.8) is 0 Å². The molecule has 0 aliphatic rings. The summed E-state index contributed by atoms with van der Waals surface area (Å²) >= 11 is 1.77. The van der Waals surface area contributed by atoms with Crippen LogP contribution < -0.4 is 0 Å². The molecule has 0 aliphatic carbocycles. The van der Waals surface area contributed by atoms with E-state index in [1.165, 1.54) is 5.56 Å². The zero-order valence-corrected chi connectivity index (χ0v) is 16.9. The minimum absolute atomic E-state index is 0.0131. The zero-order valence-electron chi connectivity index (χ0n) is 16.1. The van der Waals surface area contributed by atoms with Crippen LogP contribution in [-0.4, -0.2) is 26.2 Å². The van der Waals surface area contributed by atoms with Gasteiger partial charge in [0.2, 0.25) is 0 Å². The van der Waals surface area contributed by atoms with E-state index in [1.54, 1.807) is 12.1 Å². The summed E-state index contributed by atoms with van der Waals surface area (Å²) in [7, 11) is 0. The van der Waals surface area contributed by atoms with E-state index >= 15 is 0 Å². The summed E-state index contributed by atoms with van der Waals surface area (Å²) in [4.78, 5) is 0. The van der Waals surface area contributed by atoms with Gasteiger partial charge in [-0.05, 0) is 65.9 Å². The molecule has 0 fully saturated rings. The van der Waals surface area contributed by atoms with E-state index in [4.69, 9.17) is 0 Å². The number of rotatable bonds is 5. The fourth-order valence-corrected chi connectivity index (χ4v) is 2.92. The van der Waals surface area contributed by atoms with Crippen molar-refractivity contribution in [2.24, 2.45) is 0 Å². The van der Waals surface area contributed by atoms with Crippen LogP contribution in [0.2, 0.25) is 0 Å². The van der Waals surface area contributed by atoms with Gasteiger partial charge in [-0.1, -0.05) is 42.2 Å². The summed E-state index contributed by atoms with van der Waals surface area (Å²) in [5, 5.41) is 0. The Kier molecular flexibility index (Phi) is 7.91. The summed E-state index contributed by atoms with van der Waals surface area (Å²) in [6.07, 6.45) is 0. The van der Waals surface area contributed by atoms with Gasteiger partial charge in [0.15, 0.2) is 0 Å². The van der Waals surface area contributed by atoms with Gasteiger partial charge in [-0.25, -0.2) is 8.61 Å². The SMILES string of the molecule is CC#CC#CCN(SN(Cc1ccccc1)C(C)(C)C)C(C)(C)C. The lowest BCUT2D eigenvalue weighted by molar-refractivity contribution is 0.231. The van der Waals surface area contributed by atoms with Gasteiger partial charge >= 0.3 is 0 Å². The molecule has 1 aromatic carbocycles. The minimum Gasteiger partial charge on any atom is -0.227 e. The molecule has 0 spiro atoms. The van der Waals surface area contributed by atoms with Crippen molar-refractivity contribution in [1.82, 2.24) is 8.61 Å². The molecule has 1 aromatic rings. The normalized spacial score (nSPS) is 11.7. The fraction of sp³-hybridized carbons (Fsp3) is 0.524. The molecule has 0 amide bonds. The molecular formula is C21H30N2S. The third-order valence-corrected chi connectivity index (χ3v) is 5.11. The van der Waals surface area contributed by atoms with Gasteiger partial charge in [-0.2, -0.15) is 0 Å². The Morgan fingerprint density at radius 3 is 1.96 bits per heavy atom. The minimum atomic E-state index is 0.0131. The molecule has 0 unspecified atom stereocenters. The number of hydrogen-bond acceptors (Lipinski definition) is 3. The van der Waals surface area contributed by atoms with Crippen molar-refractivity contribution in [3.05, 3.63) is 35.9 Å². The third-order valence-electron chi connectivity index (χ3n) is 3.36. The van der Waals surface area contributed by atoms with E-state index in [9.17, 15) is 0 Å². The molecule has 0 heterocycles. The second kappa shape index (κ2) is 9.19. The van der Waals surface area contributed by atoms with Gasteiger partial charge < -0.3 is 0 Å². The van der Waals surface area contributed by atoms with Gasteiger partial charge in [0.05, 0.1) is 6.54 Å². The van der Waals surface area contributed by atoms with E-state index in [1.807, 2.05) is 6.92 Å². The molecule has 0 saturated heterocycles. The Bertz CT molecular complexity index is 616. The van der Waals surface area contributed by atoms with Crippen LogP contribution in [0, 0.1) is 23.7 Å². The van der Waals surface area contributed by atoms with Gasteiger partial charge in [0, 0.05) is 29.8 Å². The first-order valence-electron chi connectivity index (χ1n) is 8.31. The van der Waals surface area contributed by atoms with Crippen molar-refractivity contribution in [3.8, 4) is 23.7 Å². The summed E-state index contributed by atoms with van der Waals surface area (Å²) < 4.78 is 4.74. The Balaban J connectivity index is 2.95. The number of nitrogens with zero attached hydrogens (tertiary/aromatic N) is 2. The standard InChI is InChI=1S/C21H30N2S/c1-8-9-10-14-17-22(20(2,3)4)24-23(21(5,6)7)18-19-15-12-11-13-16-19/h11-13,15-16H,17-18H2,1-7H3. The molecule has 130 valence electrons. The lowest BCUT2D eigenvalue weighted by Gasteiger charge is -2.41. The summed E-state index contributed by atoms with van der Waals surface area (Å²) in [5.74, 6) is 11.7. The first-order chi connectivity index (χ1) is 11.1. The molecule has 0 saturated carbocycles. The molecule has 0 aromatic heterocycles. The molecule has 3 heteroatoms. The van der Waals surface area contributed by atoms with E-state index in [0.717, 1.165) is 6.54 Å². The lowest BCUT2D eigenvalue weighted by Crippen LogP contribution is -2.44. The maximum atomic E-state index is 3.17. The third kappa shape index (κ3) is 7.45. The van der Waals surface area contributed by atoms with E-state index in [2.05, 4.69) is 104 Å². The lowest BCUT2D eigenvalue weighted by atomic mass is 10.1.